The molecule has 10 nitrogen and oxygen atoms in total. The van der Waals surface area contributed by atoms with Gasteiger partial charge in [-0.15, -0.1) is 11.3 Å². The van der Waals surface area contributed by atoms with Crippen molar-refractivity contribution in [3.05, 3.63) is 45.8 Å². The van der Waals surface area contributed by atoms with Gasteiger partial charge in [0.1, 0.15) is 9.88 Å². The molecule has 1 aromatic heterocycles. The van der Waals surface area contributed by atoms with Crippen LogP contribution in [-0.4, -0.2) is 51.3 Å². The molecule has 0 unspecified atom stereocenters. The Bertz CT molecular complexity index is 1180. The number of esters is 1. The van der Waals surface area contributed by atoms with E-state index in [0.29, 0.717) is 0 Å². The number of alkyl carbamates (subject to hydrolysis) is 1. The Labute approximate surface area is 195 Å². The van der Waals surface area contributed by atoms with Gasteiger partial charge in [0.15, 0.2) is 9.84 Å². The number of sulfone groups is 1. The molecule has 3 amide bonds. The van der Waals surface area contributed by atoms with E-state index >= 15 is 0 Å². The zero-order chi connectivity index (χ0) is 24.8. The number of hydrogen-bond donors (Lipinski definition) is 2. The average Bonchev–Trinajstić information content (AvgIpc) is 3.09. The summed E-state index contributed by atoms with van der Waals surface area (Å²) < 4.78 is 34.5. The van der Waals surface area contributed by atoms with Crippen molar-refractivity contribution in [2.75, 3.05) is 24.3 Å². The molecule has 0 aliphatic heterocycles. The summed E-state index contributed by atoms with van der Waals surface area (Å²) >= 11 is 0.776. The highest BCUT2D eigenvalue weighted by molar-refractivity contribution is 7.91. The molecule has 2 aromatic rings. The molecule has 0 fully saturated rings. The zero-order valence-corrected chi connectivity index (χ0v) is 20.1. The van der Waals surface area contributed by atoms with E-state index in [1.54, 1.807) is 13.8 Å². The van der Waals surface area contributed by atoms with Gasteiger partial charge in [0.2, 0.25) is 0 Å². The average molecular weight is 497 g/mol. The van der Waals surface area contributed by atoms with Crippen LogP contribution in [0.15, 0.2) is 29.2 Å². The van der Waals surface area contributed by atoms with Gasteiger partial charge < -0.3 is 14.8 Å². The number of nitrogens with one attached hydrogen (secondary N) is 2. The lowest BCUT2D eigenvalue weighted by Gasteiger charge is -2.11. The number of amides is 3. The Morgan fingerprint density at radius 3 is 2.21 bits per heavy atom. The van der Waals surface area contributed by atoms with Crippen LogP contribution in [0.3, 0.4) is 0 Å². The zero-order valence-electron chi connectivity index (χ0n) is 18.5. The van der Waals surface area contributed by atoms with Gasteiger partial charge in [-0.1, -0.05) is 19.1 Å². The molecule has 1 heterocycles. The van der Waals surface area contributed by atoms with Crippen molar-refractivity contribution in [2.45, 2.75) is 32.6 Å². The number of ether oxygens (including phenoxy) is 2. The quantitative estimate of drug-likeness (QED) is 0.530. The second kappa shape index (κ2) is 11.1. The minimum atomic E-state index is -3.71. The maximum absolute atomic E-state index is 13.0. The van der Waals surface area contributed by atoms with E-state index in [1.165, 1.54) is 38.1 Å². The molecule has 0 saturated heterocycles. The number of imide groups is 1. The summed E-state index contributed by atoms with van der Waals surface area (Å²) in [4.78, 5) is 49.7. The number of rotatable bonds is 8. The van der Waals surface area contributed by atoms with Crippen LogP contribution >= 0.6 is 11.3 Å². The third-order valence-electron chi connectivity index (χ3n) is 4.40. The lowest BCUT2D eigenvalue weighted by atomic mass is 10.1. The van der Waals surface area contributed by atoms with Crippen molar-refractivity contribution in [3.63, 3.8) is 0 Å². The van der Waals surface area contributed by atoms with Crippen molar-refractivity contribution < 1.29 is 37.1 Å². The molecule has 0 aliphatic rings. The third kappa shape index (κ3) is 5.96. The fourth-order valence-electron chi connectivity index (χ4n) is 2.84. The maximum Gasteiger partial charge on any atom is 0.414 e. The monoisotopic (exact) mass is 496 g/mol. The molecule has 0 atom stereocenters. The molecule has 1 aromatic carbocycles. The fraction of sp³-hybridized carbons (Fsp3) is 0.333. The topological polar surface area (TPSA) is 145 Å². The second-order valence-electron chi connectivity index (χ2n) is 6.51. The highest BCUT2D eigenvalue weighted by Crippen LogP contribution is 2.34. The van der Waals surface area contributed by atoms with Crippen LogP contribution in [0.2, 0.25) is 0 Å². The summed E-state index contributed by atoms with van der Waals surface area (Å²) in [5, 5.41) is 4.48. The van der Waals surface area contributed by atoms with Gasteiger partial charge in [0.05, 0.1) is 35.0 Å². The van der Waals surface area contributed by atoms with Crippen LogP contribution in [0.4, 0.5) is 9.80 Å². The Balaban J connectivity index is 2.52. The molecule has 0 aliphatic carbocycles. The molecule has 0 saturated carbocycles. The van der Waals surface area contributed by atoms with Crippen molar-refractivity contribution in [1.82, 2.24) is 5.32 Å². The first-order chi connectivity index (χ1) is 15.6. The molecular weight excluding hydrogens is 472 g/mol. The second-order valence-corrected chi connectivity index (χ2v) is 9.78. The predicted octanol–water partition coefficient (Wildman–Crippen LogP) is 3.17. The van der Waals surface area contributed by atoms with Crippen LogP contribution < -0.4 is 10.6 Å². The van der Waals surface area contributed by atoms with Gasteiger partial charge in [0.25, 0.3) is 11.8 Å². The number of carbonyl (C=O) groups is 4. The van der Waals surface area contributed by atoms with E-state index in [1.807, 2.05) is 5.32 Å². The first-order valence-corrected chi connectivity index (χ1v) is 12.5. The number of carbonyl (C=O) groups excluding carboxylic acids is 4. The van der Waals surface area contributed by atoms with Crippen LogP contribution in [0.25, 0.3) is 0 Å². The highest BCUT2D eigenvalue weighted by atomic mass is 32.2. The molecule has 2 rings (SSSR count). The highest BCUT2D eigenvalue weighted by Gasteiger charge is 2.29. The summed E-state index contributed by atoms with van der Waals surface area (Å²) in [6.07, 6.45) is -0.998. The Morgan fingerprint density at radius 2 is 1.61 bits per heavy atom. The first kappa shape index (κ1) is 26.0. The van der Waals surface area contributed by atoms with Crippen molar-refractivity contribution in [2.24, 2.45) is 0 Å². The normalized spacial score (nSPS) is 10.9. The molecule has 12 heteroatoms. The lowest BCUT2D eigenvalue weighted by Crippen LogP contribution is -2.32. The van der Waals surface area contributed by atoms with Crippen molar-refractivity contribution in [1.29, 1.82) is 0 Å². The minimum Gasteiger partial charge on any atom is -0.462 e. The minimum absolute atomic E-state index is 0.0298. The fourth-order valence-corrected chi connectivity index (χ4v) is 5.03. The number of anilines is 1. The summed E-state index contributed by atoms with van der Waals surface area (Å²) in [6.45, 7) is 6.21. The molecule has 33 heavy (non-hydrogen) atoms. The van der Waals surface area contributed by atoms with E-state index in [-0.39, 0.29) is 50.4 Å². The molecule has 2 N–H and O–H groups in total. The Kier molecular flexibility index (Phi) is 8.71. The van der Waals surface area contributed by atoms with Crippen LogP contribution in [-0.2, 0) is 19.3 Å². The van der Waals surface area contributed by atoms with Gasteiger partial charge in [-0.3, -0.25) is 14.9 Å². The smallest absolute Gasteiger partial charge is 0.414 e. The molecular formula is C21H24N2O8S2. The maximum atomic E-state index is 13.0. The van der Waals surface area contributed by atoms with Gasteiger partial charge in [-0.25, -0.2) is 18.0 Å². The summed E-state index contributed by atoms with van der Waals surface area (Å²) in [5.41, 5.74) is -0.0786. The number of benzene rings is 1. The van der Waals surface area contributed by atoms with E-state index < -0.39 is 33.7 Å². The summed E-state index contributed by atoms with van der Waals surface area (Å²) in [6, 6.07) is 5.64. The van der Waals surface area contributed by atoms with E-state index in [0.717, 1.165) is 11.3 Å². The standard InChI is InChI=1S/C21H24N2O8S2/c1-5-30-20(26)16-12(4)15(18(25)23-21(27)31-6-2)19(32-16)22-17(24)13-10-8-9-11-14(13)33(28,29)7-3/h8-11H,5-7H2,1-4H3,(H,22,24)(H,23,25,27). The van der Waals surface area contributed by atoms with E-state index in [2.05, 4.69) is 5.32 Å². The van der Waals surface area contributed by atoms with Crippen LogP contribution in [0.1, 0.15) is 56.7 Å². The first-order valence-electron chi connectivity index (χ1n) is 9.99. The van der Waals surface area contributed by atoms with Gasteiger partial charge in [0, 0.05) is 0 Å². The number of hydrogen-bond acceptors (Lipinski definition) is 9. The Morgan fingerprint density at radius 1 is 0.970 bits per heavy atom. The van der Waals surface area contributed by atoms with E-state index in [9.17, 15) is 27.6 Å². The Hall–Kier alpha value is -3.25. The lowest BCUT2D eigenvalue weighted by molar-refractivity contribution is 0.0531. The molecule has 178 valence electrons. The molecule has 0 radical (unpaired) electrons. The van der Waals surface area contributed by atoms with Crippen LogP contribution in [0.5, 0.6) is 0 Å². The predicted molar refractivity (Wildman–Crippen MR) is 122 cm³/mol. The third-order valence-corrected chi connectivity index (χ3v) is 7.37. The van der Waals surface area contributed by atoms with Gasteiger partial charge in [-0.05, 0) is 38.5 Å². The van der Waals surface area contributed by atoms with Gasteiger partial charge >= 0.3 is 12.1 Å². The molecule has 0 spiro atoms. The van der Waals surface area contributed by atoms with Crippen molar-refractivity contribution in [3.8, 4) is 0 Å². The largest absolute Gasteiger partial charge is 0.462 e. The number of thiophene rings is 1. The van der Waals surface area contributed by atoms with E-state index in [4.69, 9.17) is 9.47 Å². The van der Waals surface area contributed by atoms with Crippen molar-refractivity contribution >= 4 is 50.1 Å². The summed E-state index contributed by atoms with van der Waals surface area (Å²) in [7, 11) is -3.71. The van der Waals surface area contributed by atoms with Crippen LogP contribution in [0, 0.1) is 6.92 Å². The van der Waals surface area contributed by atoms with Gasteiger partial charge in [-0.2, -0.15) is 0 Å². The SMILES string of the molecule is CCOC(=O)NC(=O)c1c(NC(=O)c2ccccc2S(=O)(=O)CC)sc(C(=O)OCC)c1C. The molecule has 0 bridgehead atoms. The summed E-state index contributed by atoms with van der Waals surface area (Å²) in [5.74, 6) is -2.62.